The van der Waals surface area contributed by atoms with E-state index in [0.29, 0.717) is 23.2 Å². The number of hydrogen-bond donors (Lipinski definition) is 2. The number of hydrogen-bond acceptors (Lipinski definition) is 10. The number of amides is 2. The smallest absolute Gasteiger partial charge is 0.357 e. The van der Waals surface area contributed by atoms with E-state index in [9.17, 15) is 19.2 Å². The zero-order chi connectivity index (χ0) is 26.3. The van der Waals surface area contributed by atoms with Crippen LogP contribution in [0.4, 0.5) is 5.13 Å². The van der Waals surface area contributed by atoms with Crippen LogP contribution in [0.5, 0.6) is 0 Å². The molecule has 198 valence electrons. The average molecular weight is 539 g/mol. The number of β-lactam (4-membered cyclic amide) rings is 1. The maximum Gasteiger partial charge on any atom is 0.357 e. The Morgan fingerprint density at radius 1 is 1.25 bits per heavy atom. The number of aromatic nitrogens is 1. The highest BCUT2D eigenvalue weighted by Crippen LogP contribution is 2.56. The molecule has 2 aliphatic heterocycles. The predicted octanol–water partition coefficient (Wildman–Crippen LogP) is 3.13. The van der Waals surface area contributed by atoms with Gasteiger partial charge in [0.2, 0.25) is 23.8 Å². The van der Waals surface area contributed by atoms with Gasteiger partial charge >= 0.3 is 11.9 Å². The highest BCUT2D eigenvalue weighted by Gasteiger charge is 2.71. The van der Waals surface area contributed by atoms with Crippen molar-refractivity contribution in [2.75, 3.05) is 5.73 Å². The molecule has 1 saturated carbocycles. The van der Waals surface area contributed by atoms with Gasteiger partial charge in [0.15, 0.2) is 5.13 Å². The fourth-order valence-corrected chi connectivity index (χ4v) is 7.85. The van der Waals surface area contributed by atoms with Crippen molar-refractivity contribution in [3.05, 3.63) is 11.1 Å². The summed E-state index contributed by atoms with van der Waals surface area (Å²) in [6, 6.07) is 0. The minimum absolute atomic E-state index is 0.253. The topological polar surface area (TPSA) is 141 Å². The van der Waals surface area contributed by atoms with E-state index in [4.69, 9.17) is 15.2 Å². The lowest BCUT2D eigenvalue weighted by Crippen LogP contribution is -2.75. The minimum Gasteiger partial charge on any atom is -0.426 e. The Labute approximate surface area is 219 Å². The number of thioether (sulfide) groups is 1. The van der Waals surface area contributed by atoms with E-state index >= 15 is 0 Å². The number of nitrogens with two attached hydrogens (primary N) is 1. The summed E-state index contributed by atoms with van der Waals surface area (Å²) in [5.74, 6) is -2.39. The van der Waals surface area contributed by atoms with Crippen molar-refractivity contribution in [3.63, 3.8) is 0 Å². The van der Waals surface area contributed by atoms with Crippen LogP contribution in [-0.2, 0) is 28.7 Å². The molecule has 0 bridgehead atoms. The van der Waals surface area contributed by atoms with Gasteiger partial charge in [0.1, 0.15) is 0 Å². The standard InChI is InChI=1S/C24H34N4O6S2/c1-13(29)33-14(2)34-21(32)24(23(3,4)36-19-11-18(30)28(19)24)27-20(31)16(17-12-35-22(25)26-17)10-15-8-6-5-7-9-15/h12,14-16,19H,5-11H2,1-4H3,(H2,25,26)(H,27,31)/t14?,16?,19-,24+/m1/s1. The molecule has 2 unspecified atom stereocenters. The normalized spacial score (nSPS) is 26.9. The molecule has 3 fully saturated rings. The van der Waals surface area contributed by atoms with Crippen LogP contribution in [0.15, 0.2) is 5.38 Å². The van der Waals surface area contributed by atoms with Gasteiger partial charge in [0, 0.05) is 19.2 Å². The molecule has 3 N–H and O–H groups in total. The number of esters is 2. The Morgan fingerprint density at radius 3 is 2.53 bits per heavy atom. The number of fused-ring (bicyclic) bond motifs is 1. The van der Waals surface area contributed by atoms with Crippen LogP contribution in [0.2, 0.25) is 0 Å². The Kier molecular flexibility index (Phi) is 7.57. The molecule has 3 heterocycles. The average Bonchev–Trinajstić information content (AvgIpc) is 3.28. The molecule has 2 amide bonds. The first kappa shape index (κ1) is 26.7. The first-order valence-corrected chi connectivity index (χ1v) is 14.1. The molecule has 0 spiro atoms. The third-order valence-corrected chi connectivity index (χ3v) is 9.51. The molecule has 1 aliphatic carbocycles. The number of nitrogens with zero attached hydrogens (tertiary/aromatic N) is 2. The summed E-state index contributed by atoms with van der Waals surface area (Å²) in [5.41, 5.74) is 4.69. The van der Waals surface area contributed by atoms with Gasteiger partial charge in [-0.3, -0.25) is 19.3 Å². The molecule has 36 heavy (non-hydrogen) atoms. The van der Waals surface area contributed by atoms with E-state index in [1.807, 2.05) is 0 Å². The Bertz CT molecular complexity index is 1040. The number of anilines is 1. The van der Waals surface area contributed by atoms with E-state index in [1.54, 1.807) is 19.2 Å². The second kappa shape index (κ2) is 10.2. The van der Waals surface area contributed by atoms with Crippen LogP contribution in [0.3, 0.4) is 0 Å². The van der Waals surface area contributed by atoms with Gasteiger partial charge in [-0.25, -0.2) is 9.78 Å². The van der Waals surface area contributed by atoms with E-state index < -0.39 is 40.5 Å². The number of carbonyl (C=O) groups is 4. The van der Waals surface area contributed by atoms with Gasteiger partial charge in [0.25, 0.3) is 0 Å². The van der Waals surface area contributed by atoms with E-state index in [-0.39, 0.29) is 17.7 Å². The van der Waals surface area contributed by atoms with Crippen molar-refractivity contribution < 1.29 is 28.7 Å². The van der Waals surface area contributed by atoms with Crippen molar-refractivity contribution in [2.45, 2.75) is 101 Å². The molecule has 2 saturated heterocycles. The quantitative estimate of drug-likeness (QED) is 0.290. The summed E-state index contributed by atoms with van der Waals surface area (Å²) >= 11 is 2.70. The van der Waals surface area contributed by atoms with Crippen LogP contribution in [0.25, 0.3) is 0 Å². The molecule has 12 heteroatoms. The number of nitrogens with one attached hydrogen (secondary N) is 1. The Hall–Kier alpha value is -2.34. The summed E-state index contributed by atoms with van der Waals surface area (Å²) in [5, 5.41) is 4.83. The molecule has 0 aromatic carbocycles. The summed E-state index contributed by atoms with van der Waals surface area (Å²) in [6.07, 6.45) is 5.16. The number of ether oxygens (including phenoxy) is 2. The van der Waals surface area contributed by atoms with Gasteiger partial charge < -0.3 is 20.5 Å². The maximum absolute atomic E-state index is 14.0. The molecule has 4 rings (SSSR count). The highest BCUT2D eigenvalue weighted by molar-refractivity contribution is 8.01. The lowest BCUT2D eigenvalue weighted by atomic mass is 9.81. The van der Waals surface area contributed by atoms with E-state index in [1.165, 1.54) is 48.3 Å². The molecular weight excluding hydrogens is 504 g/mol. The number of nitrogen functional groups attached to an aromatic ring is 1. The third-order valence-electron chi connectivity index (χ3n) is 7.28. The molecule has 1 aromatic heterocycles. The number of thiazole rings is 1. The molecule has 1 aromatic rings. The Balaban J connectivity index is 1.67. The zero-order valence-corrected chi connectivity index (χ0v) is 22.7. The molecule has 0 radical (unpaired) electrons. The van der Waals surface area contributed by atoms with Gasteiger partial charge in [-0.15, -0.1) is 23.1 Å². The fourth-order valence-electron chi connectivity index (χ4n) is 5.54. The van der Waals surface area contributed by atoms with Crippen molar-refractivity contribution in [1.29, 1.82) is 0 Å². The van der Waals surface area contributed by atoms with E-state index in [0.717, 1.165) is 25.7 Å². The maximum atomic E-state index is 14.0. The van der Waals surface area contributed by atoms with Crippen molar-refractivity contribution in [1.82, 2.24) is 15.2 Å². The lowest BCUT2D eigenvalue weighted by Gasteiger charge is -2.47. The van der Waals surface area contributed by atoms with Gasteiger partial charge in [-0.05, 0) is 26.2 Å². The minimum atomic E-state index is -1.77. The zero-order valence-electron chi connectivity index (χ0n) is 21.1. The largest absolute Gasteiger partial charge is 0.426 e. The lowest BCUT2D eigenvalue weighted by molar-refractivity contribution is -0.200. The Morgan fingerprint density at radius 2 is 1.94 bits per heavy atom. The fraction of sp³-hybridized carbons (Fsp3) is 0.708. The summed E-state index contributed by atoms with van der Waals surface area (Å²) < 4.78 is 9.57. The van der Waals surface area contributed by atoms with Crippen LogP contribution < -0.4 is 11.1 Å². The van der Waals surface area contributed by atoms with Crippen LogP contribution in [0, 0.1) is 5.92 Å². The number of rotatable bonds is 8. The second-order valence-electron chi connectivity index (χ2n) is 10.2. The third kappa shape index (κ3) is 4.93. The summed E-state index contributed by atoms with van der Waals surface area (Å²) in [7, 11) is 0. The van der Waals surface area contributed by atoms with Crippen LogP contribution in [-0.4, -0.2) is 55.7 Å². The first-order valence-electron chi connectivity index (χ1n) is 12.4. The van der Waals surface area contributed by atoms with Crippen molar-refractivity contribution in [2.24, 2.45) is 5.92 Å². The molecule has 3 aliphatic rings. The van der Waals surface area contributed by atoms with Gasteiger partial charge in [0.05, 0.1) is 28.2 Å². The van der Waals surface area contributed by atoms with Crippen LogP contribution >= 0.6 is 23.1 Å². The van der Waals surface area contributed by atoms with Gasteiger partial charge in [-0.2, -0.15) is 0 Å². The SMILES string of the molecule is CC(=O)OC(C)OC(=O)[C@]1(NC(=O)C(CC2CCCCC2)c2csc(N)n2)N2C(=O)C[C@H]2SC1(C)C. The number of carbonyl (C=O) groups excluding carboxylic acids is 4. The predicted molar refractivity (Wildman–Crippen MR) is 136 cm³/mol. The molecule has 4 atom stereocenters. The van der Waals surface area contributed by atoms with Crippen molar-refractivity contribution >= 4 is 52.0 Å². The highest BCUT2D eigenvalue weighted by atomic mass is 32.2. The summed E-state index contributed by atoms with van der Waals surface area (Å²) in [4.78, 5) is 57.7. The van der Waals surface area contributed by atoms with E-state index in [2.05, 4.69) is 10.3 Å². The monoisotopic (exact) mass is 538 g/mol. The first-order chi connectivity index (χ1) is 16.9. The van der Waals surface area contributed by atoms with Gasteiger partial charge in [-0.1, -0.05) is 32.1 Å². The van der Waals surface area contributed by atoms with Crippen LogP contribution in [0.1, 0.15) is 84.3 Å². The summed E-state index contributed by atoms with van der Waals surface area (Å²) in [6.45, 7) is 6.24. The molecular formula is C24H34N4O6S2. The molecule has 10 nitrogen and oxygen atoms in total. The second-order valence-corrected chi connectivity index (χ2v) is 12.9. The van der Waals surface area contributed by atoms with Crippen molar-refractivity contribution in [3.8, 4) is 0 Å².